The van der Waals surface area contributed by atoms with Gasteiger partial charge in [0.1, 0.15) is 11.5 Å². The normalized spacial score (nSPS) is 10.5. The molecule has 0 aliphatic carbocycles. The van der Waals surface area contributed by atoms with Gasteiger partial charge >= 0.3 is 0 Å². The van der Waals surface area contributed by atoms with Crippen LogP contribution in [0, 0.1) is 5.82 Å². The fraction of sp³-hybridized carbons (Fsp3) is 0.200. The second kappa shape index (κ2) is 3.68. The molecule has 0 bridgehead atoms. The zero-order valence-electron chi connectivity index (χ0n) is 8.31. The average molecular weight is 206 g/mol. The van der Waals surface area contributed by atoms with Crippen LogP contribution >= 0.6 is 0 Å². The maximum atomic E-state index is 13.4. The summed E-state index contributed by atoms with van der Waals surface area (Å²) in [5, 5.41) is 4.10. The number of nitrogens with zero attached hydrogens (tertiary/aromatic N) is 3. The Balaban J connectivity index is 2.54. The minimum atomic E-state index is -0.364. The molecule has 78 valence electrons. The van der Waals surface area contributed by atoms with E-state index in [2.05, 4.69) is 10.1 Å². The lowest BCUT2D eigenvalue weighted by atomic mass is 10.3. The van der Waals surface area contributed by atoms with Gasteiger partial charge in [-0.3, -0.25) is 0 Å². The first-order chi connectivity index (χ1) is 7.22. The smallest absolute Gasteiger partial charge is 0.223 e. The lowest BCUT2D eigenvalue weighted by Gasteiger charge is -2.02. The largest absolute Gasteiger partial charge is 0.368 e. The van der Waals surface area contributed by atoms with Gasteiger partial charge in [0, 0.05) is 6.42 Å². The fourth-order valence-electron chi connectivity index (χ4n) is 1.32. The average Bonchev–Trinajstić information content (AvgIpc) is 2.60. The molecule has 0 aliphatic heterocycles. The maximum Gasteiger partial charge on any atom is 0.223 e. The molecule has 0 saturated heterocycles. The van der Waals surface area contributed by atoms with Crippen LogP contribution in [0.1, 0.15) is 12.7 Å². The highest BCUT2D eigenvalue weighted by Crippen LogP contribution is 2.14. The first-order valence-corrected chi connectivity index (χ1v) is 4.68. The van der Waals surface area contributed by atoms with Gasteiger partial charge < -0.3 is 5.73 Å². The molecular formula is C10H11FN4. The van der Waals surface area contributed by atoms with E-state index in [4.69, 9.17) is 5.73 Å². The molecule has 0 radical (unpaired) electrons. The zero-order valence-corrected chi connectivity index (χ0v) is 8.31. The lowest BCUT2D eigenvalue weighted by Crippen LogP contribution is -2.04. The molecule has 1 aromatic heterocycles. The number of nitrogens with two attached hydrogens (primary N) is 1. The highest BCUT2D eigenvalue weighted by Gasteiger charge is 2.10. The summed E-state index contributed by atoms with van der Waals surface area (Å²) in [5.74, 6) is 0.449. The minimum absolute atomic E-state index is 0.206. The molecule has 1 heterocycles. The molecule has 0 spiro atoms. The number of aryl methyl sites for hydroxylation is 1. The van der Waals surface area contributed by atoms with E-state index in [1.165, 1.54) is 10.7 Å². The van der Waals surface area contributed by atoms with E-state index in [1.807, 2.05) is 6.92 Å². The quantitative estimate of drug-likeness (QED) is 0.811. The standard InChI is InChI=1S/C10H11FN4/c1-2-9-13-10(12)15(14-9)8-6-4-3-5-7(8)11/h3-6H,2H2,1H3,(H2,12,13,14). The van der Waals surface area contributed by atoms with E-state index in [0.717, 1.165) is 0 Å². The van der Waals surface area contributed by atoms with Crippen LogP contribution in [-0.4, -0.2) is 14.8 Å². The third-order valence-corrected chi connectivity index (χ3v) is 2.07. The molecule has 0 aliphatic rings. The molecule has 2 N–H and O–H groups in total. The summed E-state index contributed by atoms with van der Waals surface area (Å²) in [6.45, 7) is 1.92. The molecule has 2 rings (SSSR count). The molecule has 1 aromatic carbocycles. The Kier molecular flexibility index (Phi) is 2.37. The van der Waals surface area contributed by atoms with E-state index in [9.17, 15) is 4.39 Å². The fourth-order valence-corrected chi connectivity index (χ4v) is 1.32. The Hall–Kier alpha value is -1.91. The molecule has 15 heavy (non-hydrogen) atoms. The molecular weight excluding hydrogens is 195 g/mol. The van der Waals surface area contributed by atoms with Crippen molar-refractivity contribution in [2.45, 2.75) is 13.3 Å². The van der Waals surface area contributed by atoms with Gasteiger partial charge in [0.25, 0.3) is 0 Å². The number of para-hydroxylation sites is 1. The monoisotopic (exact) mass is 206 g/mol. The maximum absolute atomic E-state index is 13.4. The summed E-state index contributed by atoms with van der Waals surface area (Å²) in [6.07, 6.45) is 0.672. The summed E-state index contributed by atoms with van der Waals surface area (Å²) >= 11 is 0. The Morgan fingerprint density at radius 1 is 1.40 bits per heavy atom. The van der Waals surface area contributed by atoms with Crippen molar-refractivity contribution in [1.29, 1.82) is 0 Å². The number of halogens is 1. The van der Waals surface area contributed by atoms with Gasteiger partial charge in [-0.05, 0) is 12.1 Å². The van der Waals surface area contributed by atoms with Crippen LogP contribution in [0.4, 0.5) is 10.3 Å². The van der Waals surface area contributed by atoms with Crippen LogP contribution in [0.3, 0.4) is 0 Å². The van der Waals surface area contributed by atoms with Crippen LogP contribution in [0.2, 0.25) is 0 Å². The highest BCUT2D eigenvalue weighted by molar-refractivity contribution is 5.38. The molecule has 5 heteroatoms. The summed E-state index contributed by atoms with van der Waals surface area (Å²) in [7, 11) is 0. The predicted molar refractivity (Wildman–Crippen MR) is 55.1 cm³/mol. The summed E-state index contributed by atoms with van der Waals surface area (Å²) in [5.41, 5.74) is 5.96. The van der Waals surface area contributed by atoms with Crippen molar-refractivity contribution in [2.75, 3.05) is 5.73 Å². The summed E-state index contributed by atoms with van der Waals surface area (Å²) in [4.78, 5) is 4.01. The minimum Gasteiger partial charge on any atom is -0.368 e. The van der Waals surface area contributed by atoms with E-state index >= 15 is 0 Å². The SMILES string of the molecule is CCc1nc(N)n(-c2ccccc2F)n1. The number of aromatic nitrogens is 3. The zero-order chi connectivity index (χ0) is 10.8. The summed E-state index contributed by atoms with van der Waals surface area (Å²) in [6, 6.07) is 6.32. The molecule has 0 unspecified atom stereocenters. The van der Waals surface area contributed by atoms with Gasteiger partial charge in [-0.25, -0.2) is 4.39 Å². The molecule has 2 aromatic rings. The van der Waals surface area contributed by atoms with Crippen molar-refractivity contribution >= 4 is 5.95 Å². The van der Waals surface area contributed by atoms with Crippen molar-refractivity contribution < 1.29 is 4.39 Å². The van der Waals surface area contributed by atoms with Crippen molar-refractivity contribution in [2.24, 2.45) is 0 Å². The highest BCUT2D eigenvalue weighted by atomic mass is 19.1. The molecule has 0 amide bonds. The number of hydrogen-bond acceptors (Lipinski definition) is 3. The third-order valence-electron chi connectivity index (χ3n) is 2.07. The molecule has 0 fully saturated rings. The second-order valence-corrected chi connectivity index (χ2v) is 3.10. The molecule has 0 saturated carbocycles. The van der Waals surface area contributed by atoms with E-state index in [0.29, 0.717) is 17.9 Å². The Labute approximate surface area is 86.6 Å². The first-order valence-electron chi connectivity index (χ1n) is 4.68. The summed E-state index contributed by atoms with van der Waals surface area (Å²) < 4.78 is 14.7. The van der Waals surface area contributed by atoms with Crippen LogP contribution < -0.4 is 5.73 Å². The van der Waals surface area contributed by atoms with Gasteiger partial charge in [-0.15, -0.1) is 5.10 Å². The van der Waals surface area contributed by atoms with E-state index < -0.39 is 0 Å². The van der Waals surface area contributed by atoms with Crippen LogP contribution in [0.15, 0.2) is 24.3 Å². The number of hydrogen-bond donors (Lipinski definition) is 1. The third kappa shape index (κ3) is 1.68. The number of nitrogen functional groups attached to an aromatic ring is 1. The lowest BCUT2D eigenvalue weighted by molar-refractivity contribution is 0.611. The predicted octanol–water partition coefficient (Wildman–Crippen LogP) is 1.55. The van der Waals surface area contributed by atoms with Gasteiger partial charge in [0.15, 0.2) is 5.82 Å². The van der Waals surface area contributed by atoms with Gasteiger partial charge in [0.2, 0.25) is 5.95 Å². The van der Waals surface area contributed by atoms with Gasteiger partial charge in [0.05, 0.1) is 0 Å². The van der Waals surface area contributed by atoms with E-state index in [1.54, 1.807) is 18.2 Å². The van der Waals surface area contributed by atoms with Crippen LogP contribution in [0.25, 0.3) is 5.69 Å². The Bertz CT molecular complexity index is 478. The van der Waals surface area contributed by atoms with Crippen LogP contribution in [0.5, 0.6) is 0 Å². The Morgan fingerprint density at radius 3 is 2.73 bits per heavy atom. The first kappa shape index (κ1) is 9.64. The Morgan fingerprint density at radius 2 is 2.13 bits per heavy atom. The second-order valence-electron chi connectivity index (χ2n) is 3.10. The van der Waals surface area contributed by atoms with Crippen LogP contribution in [-0.2, 0) is 6.42 Å². The molecule has 0 atom stereocenters. The van der Waals surface area contributed by atoms with E-state index in [-0.39, 0.29) is 11.8 Å². The van der Waals surface area contributed by atoms with Crippen molar-refractivity contribution in [1.82, 2.24) is 14.8 Å². The van der Waals surface area contributed by atoms with Crippen molar-refractivity contribution in [3.05, 3.63) is 35.9 Å². The number of rotatable bonds is 2. The van der Waals surface area contributed by atoms with Crippen molar-refractivity contribution in [3.8, 4) is 5.69 Å². The van der Waals surface area contributed by atoms with Gasteiger partial charge in [-0.1, -0.05) is 19.1 Å². The van der Waals surface area contributed by atoms with Gasteiger partial charge in [-0.2, -0.15) is 9.67 Å². The molecule has 4 nitrogen and oxygen atoms in total. The van der Waals surface area contributed by atoms with Crippen molar-refractivity contribution in [3.63, 3.8) is 0 Å². The topological polar surface area (TPSA) is 56.7 Å². The number of anilines is 1. The number of benzene rings is 1.